The second-order valence-electron chi connectivity index (χ2n) is 7.52. The Labute approximate surface area is 192 Å². The predicted molar refractivity (Wildman–Crippen MR) is 125 cm³/mol. The molecule has 0 amide bonds. The zero-order valence-electron chi connectivity index (χ0n) is 18.9. The molecule has 168 valence electrons. The maximum absolute atomic E-state index is 4.66. The van der Waals surface area contributed by atoms with Gasteiger partial charge in [-0.2, -0.15) is 25.9 Å². The van der Waals surface area contributed by atoms with Crippen molar-refractivity contribution in [2.24, 2.45) is 0 Å². The summed E-state index contributed by atoms with van der Waals surface area (Å²) in [6, 6.07) is 2.12. The fraction of sp³-hybridized carbons (Fsp3) is 0.833. The Morgan fingerprint density at radius 1 is 0.586 bits per heavy atom. The Hall–Kier alpha value is 0.0995. The van der Waals surface area contributed by atoms with Crippen LogP contribution in [0.1, 0.15) is 78.1 Å². The zero-order valence-corrected chi connectivity index (χ0v) is 20.0. The summed E-state index contributed by atoms with van der Waals surface area (Å²) in [6.45, 7) is 14.3. The Bertz CT molecular complexity index is 344. The molecule has 0 N–H and O–H groups in total. The average molecular weight is 444 g/mol. The topological polar surface area (TPSA) is 56.4 Å². The van der Waals surface area contributed by atoms with Gasteiger partial charge in [0.1, 0.15) is 0 Å². The van der Waals surface area contributed by atoms with Crippen LogP contribution in [-0.4, -0.2) is 50.3 Å². The van der Waals surface area contributed by atoms with E-state index in [0.29, 0.717) is 24.2 Å². The third kappa shape index (κ3) is 11.9. The molecule has 0 saturated carbocycles. The van der Waals surface area contributed by atoms with Crippen LogP contribution in [0.5, 0.6) is 0 Å². The predicted octanol–water partition coefficient (Wildman–Crippen LogP) is 7.13. The second-order valence-corrected chi connectivity index (χ2v) is 7.52. The fourth-order valence-electron chi connectivity index (χ4n) is 4.19. The number of hydrogen-bond acceptors (Lipinski definition) is 0. The van der Waals surface area contributed by atoms with Gasteiger partial charge in [-0.3, -0.25) is 0 Å². The summed E-state index contributed by atoms with van der Waals surface area (Å²) in [4.78, 5) is 0. The summed E-state index contributed by atoms with van der Waals surface area (Å²) < 4.78 is 0. The number of rotatable bonds is 2. The van der Waals surface area contributed by atoms with E-state index in [0.717, 1.165) is 32.6 Å². The van der Waals surface area contributed by atoms with Crippen molar-refractivity contribution >= 4 is 0 Å². The molecule has 0 bridgehead atoms. The van der Waals surface area contributed by atoms with Crippen molar-refractivity contribution in [1.29, 1.82) is 0 Å². The smallest absolute Gasteiger partial charge is 0.661 e. The van der Waals surface area contributed by atoms with Crippen molar-refractivity contribution in [1.82, 2.24) is 0 Å². The first-order valence-electron chi connectivity index (χ1n) is 11.7. The molecule has 4 atom stereocenters. The van der Waals surface area contributed by atoms with E-state index in [1.54, 1.807) is 13.8 Å². The molecule has 0 aliphatic carbocycles. The van der Waals surface area contributed by atoms with E-state index in [1.807, 2.05) is 0 Å². The molecule has 4 rings (SSSR count). The van der Waals surface area contributed by atoms with Crippen LogP contribution in [-0.2, 0) is 17.1 Å². The van der Waals surface area contributed by atoms with Gasteiger partial charge in [0.25, 0.3) is 0 Å². The summed E-state index contributed by atoms with van der Waals surface area (Å²) in [5.41, 5.74) is 0. The molecule has 4 unspecified atom stereocenters. The van der Waals surface area contributed by atoms with Gasteiger partial charge in [-0.15, -0.1) is 44.3 Å². The Morgan fingerprint density at radius 2 is 1.03 bits per heavy atom. The van der Waals surface area contributed by atoms with E-state index < -0.39 is 0 Å². The Kier molecular flexibility index (Phi) is 20.1. The van der Waals surface area contributed by atoms with Crippen molar-refractivity contribution in [2.45, 2.75) is 102 Å². The molecule has 0 aromatic heterocycles. The minimum atomic E-state index is 0. The van der Waals surface area contributed by atoms with E-state index in [-0.39, 0.29) is 17.1 Å². The minimum Gasteiger partial charge on any atom is -0.661 e. The molecule has 0 aromatic carbocycles. The van der Waals surface area contributed by atoms with Crippen molar-refractivity contribution in [3.63, 3.8) is 0 Å². The van der Waals surface area contributed by atoms with Crippen LogP contribution < -0.4 is 0 Å². The Balaban J connectivity index is 0.000000449. The summed E-state index contributed by atoms with van der Waals surface area (Å²) in [7, 11) is 0. The largest absolute Gasteiger partial charge is 6.00 e. The first kappa shape index (κ1) is 29.1. The van der Waals surface area contributed by atoms with E-state index in [9.17, 15) is 0 Å². The zero-order chi connectivity index (χ0) is 20.5. The van der Waals surface area contributed by atoms with Crippen molar-refractivity contribution < 1.29 is 17.1 Å². The fourth-order valence-corrected chi connectivity index (χ4v) is 4.19. The van der Waals surface area contributed by atoms with Gasteiger partial charge in [0.2, 0.25) is 0 Å². The molecule has 0 radical (unpaired) electrons. The number of nitrogens with zero attached hydrogens (tertiary/aromatic N) is 4. The third-order valence-electron chi connectivity index (χ3n) is 5.62. The van der Waals surface area contributed by atoms with Crippen molar-refractivity contribution in [3.8, 4) is 0 Å². The molecule has 0 aromatic rings. The molecule has 4 heterocycles. The van der Waals surface area contributed by atoms with Gasteiger partial charge in [-0.25, -0.2) is 0 Å². The van der Waals surface area contributed by atoms with Crippen LogP contribution in [0.4, 0.5) is 0 Å². The standard InChI is InChI=1S/C10H18N2.C10H16N2.2C2H5.Fe/c2*1-3-7-11-9(5-1)10-6-2-4-8-12-10;2*1-2;/h9-10H,1-8H2;1,5,9-10H,2-4,6-8H2;2*1H2,2H3;/q2*-2;2*-1;+6. The maximum atomic E-state index is 4.66. The van der Waals surface area contributed by atoms with Gasteiger partial charge in [-0.1, -0.05) is 70.3 Å². The number of hydrogen-bond donors (Lipinski definition) is 0. The summed E-state index contributed by atoms with van der Waals surface area (Å²) in [6.07, 6.45) is 17.5. The van der Waals surface area contributed by atoms with E-state index >= 15 is 0 Å². The molecule has 3 saturated heterocycles. The molecular formula is C24H44FeN4. The van der Waals surface area contributed by atoms with Gasteiger partial charge in [0.05, 0.1) is 0 Å². The van der Waals surface area contributed by atoms with Crippen LogP contribution in [0.3, 0.4) is 0 Å². The third-order valence-corrected chi connectivity index (χ3v) is 5.62. The van der Waals surface area contributed by atoms with Crippen LogP contribution in [0.25, 0.3) is 21.3 Å². The first-order valence-corrected chi connectivity index (χ1v) is 11.7. The van der Waals surface area contributed by atoms with E-state index in [2.05, 4.69) is 47.3 Å². The van der Waals surface area contributed by atoms with Crippen molar-refractivity contribution in [2.75, 3.05) is 26.2 Å². The van der Waals surface area contributed by atoms with Gasteiger partial charge >= 0.3 is 17.1 Å². The van der Waals surface area contributed by atoms with Crippen LogP contribution >= 0.6 is 0 Å². The molecule has 3 fully saturated rings. The Morgan fingerprint density at radius 3 is 1.38 bits per heavy atom. The molecule has 0 spiro atoms. The normalized spacial score (nSPS) is 31.3. The van der Waals surface area contributed by atoms with E-state index in [4.69, 9.17) is 0 Å². The van der Waals surface area contributed by atoms with Gasteiger partial charge in [0.15, 0.2) is 0 Å². The summed E-state index contributed by atoms with van der Waals surface area (Å²) in [5, 5.41) is 18.5. The molecular weight excluding hydrogens is 400 g/mol. The summed E-state index contributed by atoms with van der Waals surface area (Å²) >= 11 is 0. The SMILES string of the molecule is C1=CC(C2CCCC[N-]2)[N-]CC1.C1CCC(C2CCCC[N-]2)[N-]C1.[CH2-]C.[CH2-]C.[Fe+6]. The molecule has 4 nitrogen and oxygen atoms in total. The van der Waals surface area contributed by atoms with Gasteiger partial charge in [-0.05, 0) is 0 Å². The first-order chi connectivity index (χ1) is 13.9. The van der Waals surface area contributed by atoms with Gasteiger partial charge < -0.3 is 35.1 Å². The maximum Gasteiger partial charge on any atom is 6.00 e. The molecule has 4 aliphatic heterocycles. The van der Waals surface area contributed by atoms with Crippen LogP contribution in [0.2, 0.25) is 0 Å². The quantitative estimate of drug-likeness (QED) is 0.247. The summed E-state index contributed by atoms with van der Waals surface area (Å²) in [5.74, 6) is 0. The van der Waals surface area contributed by atoms with Crippen LogP contribution in [0.15, 0.2) is 12.2 Å². The number of piperidine rings is 3. The van der Waals surface area contributed by atoms with Gasteiger partial charge in [0, 0.05) is 0 Å². The average Bonchev–Trinajstić information content (AvgIpc) is 2.84. The van der Waals surface area contributed by atoms with Crippen LogP contribution in [0, 0.1) is 13.8 Å². The van der Waals surface area contributed by atoms with E-state index in [1.165, 1.54) is 57.8 Å². The monoisotopic (exact) mass is 444 g/mol. The second kappa shape index (κ2) is 20.0. The molecule has 4 aliphatic rings. The minimum absolute atomic E-state index is 0. The van der Waals surface area contributed by atoms with Crippen molar-refractivity contribution in [3.05, 3.63) is 47.3 Å². The molecule has 5 heteroatoms. The molecule has 29 heavy (non-hydrogen) atoms.